The van der Waals surface area contributed by atoms with E-state index in [-0.39, 0.29) is 12.6 Å². The zero-order chi connectivity index (χ0) is 23.0. The van der Waals surface area contributed by atoms with E-state index in [0.29, 0.717) is 11.8 Å². The molecule has 0 spiro atoms. The van der Waals surface area contributed by atoms with Gasteiger partial charge in [-0.05, 0) is 79.6 Å². The summed E-state index contributed by atoms with van der Waals surface area (Å²) in [6, 6.07) is 13.9. The van der Waals surface area contributed by atoms with Gasteiger partial charge in [-0.25, -0.2) is 4.98 Å². The lowest BCUT2D eigenvalue weighted by Gasteiger charge is -2.38. The van der Waals surface area contributed by atoms with E-state index in [1.807, 2.05) is 48.8 Å². The number of fused-ring (bicyclic) bond motifs is 1. The summed E-state index contributed by atoms with van der Waals surface area (Å²) in [6.45, 7) is 3.29. The first-order valence-corrected chi connectivity index (χ1v) is 12.7. The van der Waals surface area contributed by atoms with Crippen molar-refractivity contribution < 1.29 is 9.84 Å². The second-order valence-electron chi connectivity index (χ2n) is 8.78. The highest BCUT2D eigenvalue weighted by molar-refractivity contribution is 7.99. The van der Waals surface area contributed by atoms with Crippen molar-refractivity contribution in [2.75, 3.05) is 39.1 Å². The minimum atomic E-state index is -0.0604. The summed E-state index contributed by atoms with van der Waals surface area (Å²) in [5.74, 6) is 2.64. The van der Waals surface area contributed by atoms with Crippen LogP contribution >= 0.6 is 11.8 Å². The normalized spacial score (nSPS) is 20.1. The highest BCUT2D eigenvalue weighted by atomic mass is 32.2. The van der Waals surface area contributed by atoms with Gasteiger partial charge in [0.1, 0.15) is 5.75 Å². The van der Waals surface area contributed by atoms with Crippen LogP contribution in [0.2, 0.25) is 0 Å². The lowest BCUT2D eigenvalue weighted by molar-refractivity contribution is 0.0701. The highest BCUT2D eigenvalue weighted by Crippen LogP contribution is 2.32. The quantitative estimate of drug-likeness (QED) is 0.434. The maximum absolute atomic E-state index is 10.1. The van der Waals surface area contributed by atoms with Crippen molar-refractivity contribution in [2.45, 2.75) is 30.3 Å². The van der Waals surface area contributed by atoms with Crippen molar-refractivity contribution in [3.8, 4) is 5.75 Å². The summed E-state index contributed by atoms with van der Waals surface area (Å²) in [4.78, 5) is 11.3. The van der Waals surface area contributed by atoms with Crippen LogP contribution in [0.15, 0.2) is 59.9 Å². The molecule has 3 atom stereocenters. The molecule has 0 amide bonds. The van der Waals surface area contributed by atoms with Crippen molar-refractivity contribution in [2.24, 2.45) is 17.6 Å². The molecule has 4 rings (SSSR count). The van der Waals surface area contributed by atoms with Gasteiger partial charge in [0, 0.05) is 49.3 Å². The molecule has 7 heteroatoms. The van der Waals surface area contributed by atoms with Crippen molar-refractivity contribution in [3.05, 3.63) is 60.4 Å². The van der Waals surface area contributed by atoms with Crippen molar-refractivity contribution in [3.63, 3.8) is 0 Å². The second-order valence-corrected chi connectivity index (χ2v) is 9.89. The molecule has 1 saturated heterocycles. The van der Waals surface area contributed by atoms with Crippen molar-refractivity contribution in [1.82, 2.24) is 14.9 Å². The fraction of sp³-hybridized carbons (Fsp3) is 0.462. The summed E-state index contributed by atoms with van der Waals surface area (Å²) in [5, 5.41) is 12.2. The average molecular weight is 467 g/mol. The van der Waals surface area contributed by atoms with Gasteiger partial charge in [0.15, 0.2) is 0 Å². The van der Waals surface area contributed by atoms with Crippen LogP contribution in [-0.4, -0.2) is 59.1 Å². The minimum Gasteiger partial charge on any atom is -0.497 e. The molecule has 0 unspecified atom stereocenters. The molecule has 3 aromatic rings. The van der Waals surface area contributed by atoms with Crippen LogP contribution < -0.4 is 10.5 Å². The number of aliphatic hydroxyl groups excluding tert-OH is 1. The molecule has 2 aromatic heterocycles. The van der Waals surface area contributed by atoms with Crippen LogP contribution in [0.25, 0.3) is 10.9 Å². The maximum Gasteiger partial charge on any atom is 0.119 e. The van der Waals surface area contributed by atoms with E-state index in [9.17, 15) is 5.11 Å². The number of aliphatic hydroxyl groups is 1. The van der Waals surface area contributed by atoms with E-state index in [4.69, 9.17) is 10.5 Å². The lowest BCUT2D eigenvalue weighted by Crippen LogP contribution is -2.43. The molecule has 3 heterocycles. The molecule has 1 aromatic carbocycles. The van der Waals surface area contributed by atoms with E-state index in [1.54, 1.807) is 18.9 Å². The van der Waals surface area contributed by atoms with E-state index < -0.39 is 0 Å². The van der Waals surface area contributed by atoms with Gasteiger partial charge in [0.25, 0.3) is 0 Å². The number of ether oxygens (including phenoxy) is 1. The predicted octanol–water partition coefficient (Wildman–Crippen LogP) is 4.14. The van der Waals surface area contributed by atoms with Crippen LogP contribution in [0, 0.1) is 11.8 Å². The Bertz CT molecular complexity index is 1020. The van der Waals surface area contributed by atoms with Gasteiger partial charge in [-0.3, -0.25) is 4.98 Å². The van der Waals surface area contributed by atoms with Crippen LogP contribution in [0.1, 0.15) is 30.9 Å². The number of nitrogens with two attached hydrogens (primary N) is 1. The predicted molar refractivity (Wildman–Crippen MR) is 135 cm³/mol. The second kappa shape index (κ2) is 11.8. The van der Waals surface area contributed by atoms with Crippen LogP contribution in [0.5, 0.6) is 5.75 Å². The van der Waals surface area contributed by atoms with Gasteiger partial charge in [-0.2, -0.15) is 0 Å². The molecule has 3 N–H and O–H groups in total. The molecule has 0 bridgehead atoms. The molecule has 1 aliphatic heterocycles. The van der Waals surface area contributed by atoms with Crippen molar-refractivity contribution in [1.29, 1.82) is 0 Å². The molecule has 1 fully saturated rings. The Labute approximate surface area is 200 Å². The zero-order valence-electron chi connectivity index (χ0n) is 19.3. The number of nitrogens with zero attached hydrogens (tertiary/aromatic N) is 3. The van der Waals surface area contributed by atoms with E-state index in [1.165, 1.54) is 0 Å². The lowest BCUT2D eigenvalue weighted by atomic mass is 9.81. The standard InChI is InChI=1S/C26H34N4O2S/c1-32-21-6-8-25-23(16-21)22(9-12-28-25)24(27)7-5-19-10-13-30(17-20(19)18-31)14-15-33-26-4-2-3-11-29-26/h2-4,6,8-9,11-12,16,19-20,24,31H,5,7,10,13-15,17-18,27H2,1H3/t19-,20-,24+/m1/s1. The third-order valence-corrected chi connectivity index (χ3v) is 7.66. The molecular weight excluding hydrogens is 432 g/mol. The number of likely N-dealkylation sites (tertiary alicyclic amines) is 1. The Morgan fingerprint density at radius 2 is 2.09 bits per heavy atom. The first-order chi connectivity index (χ1) is 16.2. The monoisotopic (exact) mass is 466 g/mol. The minimum absolute atomic E-state index is 0.0604. The van der Waals surface area contributed by atoms with Crippen LogP contribution in [-0.2, 0) is 0 Å². The van der Waals surface area contributed by atoms with Gasteiger partial charge in [-0.1, -0.05) is 6.07 Å². The Hall–Kier alpha value is -2.19. The van der Waals surface area contributed by atoms with E-state index in [0.717, 1.165) is 71.9 Å². The zero-order valence-corrected chi connectivity index (χ0v) is 20.1. The number of piperidine rings is 1. The van der Waals surface area contributed by atoms with Crippen molar-refractivity contribution >= 4 is 22.7 Å². The Kier molecular flexibility index (Phi) is 8.56. The Morgan fingerprint density at radius 1 is 1.18 bits per heavy atom. The highest BCUT2D eigenvalue weighted by Gasteiger charge is 2.29. The first-order valence-electron chi connectivity index (χ1n) is 11.7. The average Bonchev–Trinajstić information content (AvgIpc) is 2.87. The number of pyridine rings is 2. The SMILES string of the molecule is COc1ccc2nccc([C@@H](N)CC[C@@H]3CCN(CCSc4ccccn4)C[C@@H]3CO)c2c1. The van der Waals surface area contributed by atoms with E-state index in [2.05, 4.69) is 20.9 Å². The Morgan fingerprint density at radius 3 is 2.88 bits per heavy atom. The van der Waals surface area contributed by atoms with Gasteiger partial charge in [0.2, 0.25) is 0 Å². The van der Waals surface area contributed by atoms with Gasteiger partial charge in [0.05, 0.1) is 17.7 Å². The van der Waals surface area contributed by atoms with Gasteiger partial charge < -0.3 is 20.5 Å². The summed E-state index contributed by atoms with van der Waals surface area (Å²) >= 11 is 1.79. The summed E-state index contributed by atoms with van der Waals surface area (Å²) in [5.41, 5.74) is 8.71. The molecule has 1 aliphatic rings. The van der Waals surface area contributed by atoms with Crippen LogP contribution in [0.3, 0.4) is 0 Å². The maximum atomic E-state index is 10.1. The molecule has 0 radical (unpaired) electrons. The number of benzene rings is 1. The van der Waals surface area contributed by atoms with Crippen LogP contribution in [0.4, 0.5) is 0 Å². The Balaban J connectivity index is 1.30. The molecular formula is C26H34N4O2S. The number of aromatic nitrogens is 2. The third-order valence-electron chi connectivity index (χ3n) is 6.74. The smallest absolute Gasteiger partial charge is 0.119 e. The fourth-order valence-electron chi connectivity index (χ4n) is 4.80. The van der Waals surface area contributed by atoms with Gasteiger partial charge in [-0.15, -0.1) is 11.8 Å². The largest absolute Gasteiger partial charge is 0.497 e. The number of hydrogen-bond acceptors (Lipinski definition) is 7. The molecule has 0 saturated carbocycles. The van der Waals surface area contributed by atoms with E-state index >= 15 is 0 Å². The topological polar surface area (TPSA) is 84.5 Å². The molecule has 0 aliphatic carbocycles. The summed E-state index contributed by atoms with van der Waals surface area (Å²) in [7, 11) is 1.68. The first kappa shape index (κ1) is 24.0. The summed E-state index contributed by atoms with van der Waals surface area (Å²) < 4.78 is 5.40. The molecule has 176 valence electrons. The molecule has 6 nitrogen and oxygen atoms in total. The van der Waals surface area contributed by atoms with Gasteiger partial charge >= 0.3 is 0 Å². The third kappa shape index (κ3) is 6.23. The number of hydrogen-bond donors (Lipinski definition) is 2. The number of rotatable bonds is 10. The summed E-state index contributed by atoms with van der Waals surface area (Å²) in [6.07, 6.45) is 6.70. The molecule has 33 heavy (non-hydrogen) atoms. The fourth-order valence-corrected chi connectivity index (χ4v) is 5.67. The number of thioether (sulfide) groups is 1. The number of methoxy groups -OCH3 is 1.